The molecule has 182 valence electrons. The lowest BCUT2D eigenvalue weighted by molar-refractivity contribution is 0.0995. The summed E-state index contributed by atoms with van der Waals surface area (Å²) in [6.45, 7) is 4.74. The number of hydrogen-bond acceptors (Lipinski definition) is 7. The average Bonchev–Trinajstić information content (AvgIpc) is 3.32. The van der Waals surface area contributed by atoms with Crippen molar-refractivity contribution in [1.82, 2.24) is 20.5 Å². The number of aliphatic hydroxyl groups excluding tert-OH is 1. The zero-order valence-corrected chi connectivity index (χ0v) is 19.7. The molecule has 0 radical (unpaired) electrons. The standard InChI is InChI=1S/C26H29N5O4/c1-26(2,29-14-19(32)16-34-23-5-3-4-22-21(23)15-30-31-22)12-17-6-9-20(10-7-17)35-24-11-8-18(13-28-24)25(27)33/h3-11,13,15,19,29,32H,12,14,16H2,1-2H3,(H2,27,33)(H,30,31)/t19-/m0/s1. The van der Waals surface area contributed by atoms with Crippen molar-refractivity contribution >= 4 is 16.8 Å². The normalized spacial score (nSPS) is 12.4. The van der Waals surface area contributed by atoms with Crippen LogP contribution in [0.5, 0.6) is 17.4 Å². The number of aromatic nitrogens is 3. The van der Waals surface area contributed by atoms with E-state index in [1.807, 2.05) is 42.5 Å². The lowest BCUT2D eigenvalue weighted by atomic mass is 9.94. The number of hydrogen-bond donors (Lipinski definition) is 4. The van der Waals surface area contributed by atoms with Crippen molar-refractivity contribution in [3.8, 4) is 17.4 Å². The maximum absolute atomic E-state index is 11.1. The highest BCUT2D eigenvalue weighted by Crippen LogP contribution is 2.24. The van der Waals surface area contributed by atoms with Crippen molar-refractivity contribution in [3.63, 3.8) is 0 Å². The summed E-state index contributed by atoms with van der Waals surface area (Å²) in [6, 6.07) is 16.6. The van der Waals surface area contributed by atoms with Gasteiger partial charge in [-0.2, -0.15) is 5.10 Å². The summed E-state index contributed by atoms with van der Waals surface area (Å²) in [4.78, 5) is 15.2. The van der Waals surface area contributed by atoms with E-state index in [9.17, 15) is 9.90 Å². The van der Waals surface area contributed by atoms with Gasteiger partial charge in [-0.1, -0.05) is 18.2 Å². The van der Waals surface area contributed by atoms with Gasteiger partial charge in [0.25, 0.3) is 0 Å². The number of carbonyl (C=O) groups is 1. The maximum Gasteiger partial charge on any atom is 0.250 e. The third kappa shape index (κ3) is 6.56. The molecule has 0 fully saturated rings. The second kappa shape index (κ2) is 10.5. The van der Waals surface area contributed by atoms with Crippen LogP contribution < -0.4 is 20.5 Å². The Labute approximate surface area is 203 Å². The molecule has 1 atom stereocenters. The van der Waals surface area contributed by atoms with Crippen LogP contribution in [0.2, 0.25) is 0 Å². The number of nitrogens with zero attached hydrogens (tertiary/aromatic N) is 2. The molecule has 0 bridgehead atoms. The number of H-pyrrole nitrogens is 1. The number of amides is 1. The Bertz CT molecular complexity index is 1270. The SMILES string of the molecule is CC(C)(Cc1ccc(Oc2ccc(C(N)=O)cn2)cc1)NC[C@H](O)COc1cccc2[nH]ncc12. The fourth-order valence-electron chi connectivity index (χ4n) is 3.66. The van der Waals surface area contributed by atoms with Gasteiger partial charge in [0.15, 0.2) is 0 Å². The Morgan fingerprint density at radius 2 is 1.94 bits per heavy atom. The predicted molar refractivity (Wildman–Crippen MR) is 133 cm³/mol. The molecule has 0 saturated carbocycles. The molecule has 2 aromatic carbocycles. The van der Waals surface area contributed by atoms with E-state index in [1.54, 1.807) is 18.3 Å². The fraction of sp³-hybridized carbons (Fsp3) is 0.269. The number of rotatable bonds is 11. The number of ether oxygens (including phenoxy) is 2. The number of primary amides is 1. The Hall–Kier alpha value is -3.95. The smallest absolute Gasteiger partial charge is 0.250 e. The minimum Gasteiger partial charge on any atom is -0.490 e. The number of β-amino-alcohol motifs (C(OH)–C–C–N with tert-alkyl or cyclic N) is 1. The van der Waals surface area contributed by atoms with Gasteiger partial charge in [0.1, 0.15) is 24.2 Å². The minimum atomic E-state index is -0.666. The summed E-state index contributed by atoms with van der Waals surface area (Å²) in [5.41, 5.74) is 7.31. The van der Waals surface area contributed by atoms with E-state index in [2.05, 4.69) is 34.3 Å². The molecule has 9 nitrogen and oxygen atoms in total. The van der Waals surface area contributed by atoms with Gasteiger partial charge in [0.05, 0.1) is 22.7 Å². The molecule has 4 aromatic rings. The highest BCUT2D eigenvalue weighted by molar-refractivity contribution is 5.92. The van der Waals surface area contributed by atoms with E-state index in [-0.39, 0.29) is 12.1 Å². The van der Waals surface area contributed by atoms with E-state index >= 15 is 0 Å². The van der Waals surface area contributed by atoms with Gasteiger partial charge in [-0.25, -0.2) is 4.98 Å². The van der Waals surface area contributed by atoms with Gasteiger partial charge in [-0.15, -0.1) is 0 Å². The summed E-state index contributed by atoms with van der Waals surface area (Å²) in [7, 11) is 0. The van der Waals surface area contributed by atoms with Gasteiger partial charge in [-0.05, 0) is 56.2 Å². The van der Waals surface area contributed by atoms with E-state index in [1.165, 1.54) is 6.20 Å². The van der Waals surface area contributed by atoms with Crippen LogP contribution in [0.1, 0.15) is 29.8 Å². The first kappa shape index (κ1) is 24.2. The van der Waals surface area contributed by atoms with E-state index in [0.29, 0.717) is 29.5 Å². The van der Waals surface area contributed by atoms with Crippen LogP contribution in [0.4, 0.5) is 0 Å². The Morgan fingerprint density at radius 3 is 2.66 bits per heavy atom. The van der Waals surface area contributed by atoms with Crippen LogP contribution in [-0.4, -0.2) is 51.0 Å². The van der Waals surface area contributed by atoms with Crippen molar-refractivity contribution < 1.29 is 19.4 Å². The number of aromatic amines is 1. The van der Waals surface area contributed by atoms with Crippen molar-refractivity contribution in [2.24, 2.45) is 5.73 Å². The minimum absolute atomic E-state index is 0.174. The van der Waals surface area contributed by atoms with Crippen molar-refractivity contribution in [3.05, 3.63) is 78.1 Å². The molecule has 0 aliphatic heterocycles. The predicted octanol–water partition coefficient (Wildman–Crippen LogP) is 3.20. The number of fused-ring (bicyclic) bond motifs is 1. The molecule has 0 aliphatic rings. The van der Waals surface area contributed by atoms with Crippen LogP contribution >= 0.6 is 0 Å². The molecule has 35 heavy (non-hydrogen) atoms. The third-order valence-corrected chi connectivity index (χ3v) is 5.50. The van der Waals surface area contributed by atoms with Crippen LogP contribution in [0, 0.1) is 0 Å². The van der Waals surface area contributed by atoms with Crippen LogP contribution in [0.3, 0.4) is 0 Å². The number of carbonyl (C=O) groups excluding carboxylic acids is 1. The molecule has 2 heterocycles. The largest absolute Gasteiger partial charge is 0.490 e. The number of benzene rings is 2. The third-order valence-electron chi connectivity index (χ3n) is 5.50. The molecule has 1 amide bonds. The molecule has 4 rings (SSSR count). The fourth-order valence-corrected chi connectivity index (χ4v) is 3.66. The monoisotopic (exact) mass is 475 g/mol. The molecular formula is C26H29N5O4. The van der Waals surface area contributed by atoms with Crippen molar-refractivity contribution in [2.75, 3.05) is 13.2 Å². The van der Waals surface area contributed by atoms with Crippen LogP contribution in [-0.2, 0) is 6.42 Å². The van der Waals surface area contributed by atoms with Gasteiger partial charge < -0.3 is 25.6 Å². The molecule has 9 heteroatoms. The maximum atomic E-state index is 11.1. The first-order valence-corrected chi connectivity index (χ1v) is 11.3. The molecule has 2 aromatic heterocycles. The summed E-state index contributed by atoms with van der Waals surface area (Å²) >= 11 is 0. The average molecular weight is 476 g/mol. The second-order valence-corrected chi connectivity index (χ2v) is 8.99. The first-order valence-electron chi connectivity index (χ1n) is 11.3. The summed E-state index contributed by atoms with van der Waals surface area (Å²) in [6.07, 6.45) is 3.18. The van der Waals surface area contributed by atoms with Crippen molar-refractivity contribution in [2.45, 2.75) is 31.9 Å². The summed E-state index contributed by atoms with van der Waals surface area (Å²) < 4.78 is 11.5. The lowest BCUT2D eigenvalue weighted by Gasteiger charge is -2.28. The number of nitrogens with one attached hydrogen (secondary N) is 2. The van der Waals surface area contributed by atoms with Gasteiger partial charge in [0, 0.05) is 24.3 Å². The molecule has 0 unspecified atom stereocenters. The van der Waals surface area contributed by atoms with Gasteiger partial charge in [-0.3, -0.25) is 9.89 Å². The van der Waals surface area contributed by atoms with E-state index < -0.39 is 12.0 Å². The lowest BCUT2D eigenvalue weighted by Crippen LogP contribution is -2.46. The van der Waals surface area contributed by atoms with Crippen molar-refractivity contribution in [1.29, 1.82) is 0 Å². The summed E-state index contributed by atoms with van der Waals surface area (Å²) in [5.74, 6) is 1.18. The first-order chi connectivity index (χ1) is 16.8. The van der Waals surface area contributed by atoms with Gasteiger partial charge >= 0.3 is 0 Å². The topological polar surface area (TPSA) is 135 Å². The number of aliphatic hydroxyl groups is 1. The quantitative estimate of drug-likeness (QED) is 0.262. The Kier molecular flexibility index (Phi) is 7.28. The molecule has 0 saturated heterocycles. The Balaban J connectivity index is 1.25. The zero-order valence-electron chi connectivity index (χ0n) is 19.7. The molecule has 0 aliphatic carbocycles. The molecule has 5 N–H and O–H groups in total. The number of pyridine rings is 1. The molecular weight excluding hydrogens is 446 g/mol. The summed E-state index contributed by atoms with van der Waals surface area (Å²) in [5, 5.41) is 21.7. The number of nitrogens with two attached hydrogens (primary N) is 1. The zero-order chi connectivity index (χ0) is 24.8. The van der Waals surface area contributed by atoms with E-state index in [4.69, 9.17) is 15.2 Å². The van der Waals surface area contributed by atoms with Crippen LogP contribution in [0.15, 0.2) is 67.0 Å². The highest BCUT2D eigenvalue weighted by Gasteiger charge is 2.20. The van der Waals surface area contributed by atoms with Gasteiger partial charge in [0.2, 0.25) is 11.8 Å². The highest BCUT2D eigenvalue weighted by atomic mass is 16.5. The molecule has 0 spiro atoms. The van der Waals surface area contributed by atoms with Crippen LogP contribution in [0.25, 0.3) is 10.9 Å². The second-order valence-electron chi connectivity index (χ2n) is 8.99. The Morgan fingerprint density at radius 1 is 1.14 bits per heavy atom. The van der Waals surface area contributed by atoms with E-state index in [0.717, 1.165) is 22.9 Å².